The minimum absolute atomic E-state index is 0.105. The van der Waals surface area contributed by atoms with Crippen molar-refractivity contribution in [2.75, 3.05) is 31.1 Å². The molecule has 1 amide bonds. The van der Waals surface area contributed by atoms with E-state index >= 15 is 0 Å². The number of benzene rings is 1. The molecule has 0 saturated carbocycles. The maximum absolute atomic E-state index is 12.7. The summed E-state index contributed by atoms with van der Waals surface area (Å²) in [5.41, 5.74) is 2.99. The molecule has 30 heavy (non-hydrogen) atoms. The first-order valence-corrected chi connectivity index (χ1v) is 11.4. The van der Waals surface area contributed by atoms with Crippen LogP contribution in [-0.4, -0.2) is 47.0 Å². The van der Waals surface area contributed by atoms with Crippen molar-refractivity contribution in [2.24, 2.45) is 0 Å². The fraction of sp³-hybridized carbons (Fsp3) is 0.318. The van der Waals surface area contributed by atoms with E-state index in [-0.39, 0.29) is 5.91 Å². The first kappa shape index (κ1) is 21.1. The molecule has 0 unspecified atom stereocenters. The average molecular weight is 461 g/mol. The van der Waals surface area contributed by atoms with E-state index in [1.807, 2.05) is 48.4 Å². The Kier molecular flexibility index (Phi) is 6.27. The summed E-state index contributed by atoms with van der Waals surface area (Å²) >= 11 is 14.0. The third kappa shape index (κ3) is 4.46. The lowest BCUT2D eigenvalue weighted by atomic mass is 10.0. The van der Waals surface area contributed by atoms with Crippen molar-refractivity contribution in [1.29, 1.82) is 0 Å². The van der Waals surface area contributed by atoms with E-state index < -0.39 is 0 Å². The van der Waals surface area contributed by atoms with Crippen LogP contribution in [0.3, 0.4) is 0 Å². The molecule has 8 heteroatoms. The maximum atomic E-state index is 12.7. The molecule has 0 aliphatic carbocycles. The van der Waals surface area contributed by atoms with Gasteiger partial charge in [-0.05, 0) is 43.0 Å². The molecule has 0 N–H and O–H groups in total. The molecule has 1 aromatic carbocycles. The number of aryl methyl sites for hydroxylation is 2. The quantitative estimate of drug-likeness (QED) is 0.548. The Hall–Kier alpha value is -2.15. The van der Waals surface area contributed by atoms with E-state index in [2.05, 4.69) is 9.88 Å². The highest BCUT2D eigenvalue weighted by molar-refractivity contribution is 7.12. The number of nitrogens with zero attached hydrogens (tertiary/aromatic N) is 4. The second-order valence-corrected chi connectivity index (χ2v) is 9.12. The van der Waals surface area contributed by atoms with Gasteiger partial charge in [-0.2, -0.15) is 0 Å². The zero-order valence-electron chi connectivity index (χ0n) is 16.9. The van der Waals surface area contributed by atoms with E-state index in [4.69, 9.17) is 28.2 Å². The minimum Gasteiger partial charge on any atom is -0.353 e. The van der Waals surface area contributed by atoms with Crippen LogP contribution in [0.25, 0.3) is 0 Å². The molecule has 1 saturated heterocycles. The standard InChI is InChI=1S/C22H22Cl2N4OS/c1-14-18(12-16-5-6-17(23)13-19(16)24)21(26-15(2)25-14)27-7-9-28(10-8-27)22(29)20-4-3-11-30-20/h3-6,11,13H,7-10,12H2,1-2H3. The van der Waals surface area contributed by atoms with Gasteiger partial charge < -0.3 is 9.80 Å². The van der Waals surface area contributed by atoms with Gasteiger partial charge in [-0.15, -0.1) is 11.3 Å². The molecule has 3 aromatic rings. The highest BCUT2D eigenvalue weighted by Crippen LogP contribution is 2.29. The highest BCUT2D eigenvalue weighted by Gasteiger charge is 2.26. The second-order valence-electron chi connectivity index (χ2n) is 7.33. The van der Waals surface area contributed by atoms with Crippen molar-refractivity contribution < 1.29 is 4.79 Å². The summed E-state index contributed by atoms with van der Waals surface area (Å²) < 4.78 is 0. The number of thiophene rings is 1. The van der Waals surface area contributed by atoms with Crippen LogP contribution in [0.1, 0.15) is 32.3 Å². The number of piperazine rings is 1. The largest absolute Gasteiger partial charge is 0.353 e. The van der Waals surface area contributed by atoms with E-state index in [9.17, 15) is 4.79 Å². The van der Waals surface area contributed by atoms with Crippen LogP contribution < -0.4 is 4.90 Å². The number of carbonyl (C=O) groups is 1. The topological polar surface area (TPSA) is 49.3 Å². The molecule has 1 aliphatic heterocycles. The van der Waals surface area contributed by atoms with E-state index in [0.29, 0.717) is 29.6 Å². The molecule has 0 radical (unpaired) electrons. The summed E-state index contributed by atoms with van der Waals surface area (Å²) in [7, 11) is 0. The van der Waals surface area contributed by atoms with E-state index in [1.165, 1.54) is 11.3 Å². The molecule has 5 nitrogen and oxygen atoms in total. The molecule has 4 rings (SSSR count). The Labute approximate surface area is 190 Å². The van der Waals surface area contributed by atoms with Gasteiger partial charge in [0.25, 0.3) is 5.91 Å². The number of amides is 1. The van der Waals surface area contributed by atoms with Crippen molar-refractivity contribution in [2.45, 2.75) is 20.3 Å². The van der Waals surface area contributed by atoms with Gasteiger partial charge >= 0.3 is 0 Å². The predicted molar refractivity (Wildman–Crippen MR) is 123 cm³/mol. The highest BCUT2D eigenvalue weighted by atomic mass is 35.5. The predicted octanol–water partition coefficient (Wildman–Crippen LogP) is 5.01. The van der Waals surface area contributed by atoms with Crippen LogP contribution >= 0.6 is 34.5 Å². The SMILES string of the molecule is Cc1nc(C)c(Cc2ccc(Cl)cc2Cl)c(N2CCN(C(=O)c3cccs3)CC2)n1. The summed E-state index contributed by atoms with van der Waals surface area (Å²) in [6.07, 6.45) is 0.631. The van der Waals surface area contributed by atoms with Crippen molar-refractivity contribution in [3.63, 3.8) is 0 Å². The first-order chi connectivity index (χ1) is 14.4. The van der Waals surface area contributed by atoms with Gasteiger partial charge in [-0.25, -0.2) is 9.97 Å². The van der Waals surface area contributed by atoms with Crippen LogP contribution in [-0.2, 0) is 6.42 Å². The molecule has 1 fully saturated rings. The maximum Gasteiger partial charge on any atom is 0.264 e. The third-order valence-corrected chi connectivity index (χ3v) is 6.73. The molecule has 0 atom stereocenters. The summed E-state index contributed by atoms with van der Waals surface area (Å²) in [6.45, 7) is 6.71. The summed E-state index contributed by atoms with van der Waals surface area (Å²) in [5, 5.41) is 3.19. The molecule has 156 valence electrons. The zero-order chi connectivity index (χ0) is 21.3. The Morgan fingerprint density at radius 1 is 1.10 bits per heavy atom. The van der Waals surface area contributed by atoms with Crippen molar-refractivity contribution in [3.05, 3.63) is 73.3 Å². The van der Waals surface area contributed by atoms with Crippen LogP contribution in [0.4, 0.5) is 5.82 Å². The Morgan fingerprint density at radius 2 is 1.87 bits per heavy atom. The number of carbonyl (C=O) groups excluding carboxylic acids is 1. The number of hydrogen-bond acceptors (Lipinski definition) is 5. The van der Waals surface area contributed by atoms with Gasteiger partial charge in [0.2, 0.25) is 0 Å². The molecule has 1 aliphatic rings. The number of aromatic nitrogens is 2. The van der Waals surface area contributed by atoms with Crippen molar-refractivity contribution >= 4 is 46.3 Å². The van der Waals surface area contributed by atoms with Gasteiger partial charge in [0.15, 0.2) is 0 Å². The second kappa shape index (κ2) is 8.92. The number of halogens is 2. The van der Waals surface area contributed by atoms with Gasteiger partial charge in [0.05, 0.1) is 4.88 Å². The van der Waals surface area contributed by atoms with Gasteiger partial charge in [-0.1, -0.05) is 35.3 Å². The van der Waals surface area contributed by atoms with Crippen molar-refractivity contribution in [3.8, 4) is 0 Å². The molecule has 0 bridgehead atoms. The lowest BCUT2D eigenvalue weighted by molar-refractivity contribution is 0.0751. The molecule has 0 spiro atoms. The lowest BCUT2D eigenvalue weighted by Crippen LogP contribution is -2.49. The molecular weight excluding hydrogens is 439 g/mol. The molecular formula is C22H22Cl2N4OS. The van der Waals surface area contributed by atoms with Crippen LogP contribution in [0.15, 0.2) is 35.7 Å². The Bertz CT molecular complexity index is 1060. The third-order valence-electron chi connectivity index (χ3n) is 5.28. The fourth-order valence-corrected chi connectivity index (χ4v) is 4.89. The van der Waals surface area contributed by atoms with Crippen LogP contribution in [0.5, 0.6) is 0 Å². The lowest BCUT2D eigenvalue weighted by Gasteiger charge is -2.36. The normalized spacial score (nSPS) is 14.3. The summed E-state index contributed by atoms with van der Waals surface area (Å²) in [4.78, 5) is 26.9. The van der Waals surface area contributed by atoms with E-state index in [0.717, 1.165) is 46.4 Å². The average Bonchev–Trinajstić information content (AvgIpc) is 3.26. The van der Waals surface area contributed by atoms with Gasteiger partial charge in [-0.3, -0.25) is 4.79 Å². The fourth-order valence-electron chi connectivity index (χ4n) is 3.72. The molecule has 2 aromatic heterocycles. The monoisotopic (exact) mass is 460 g/mol. The summed E-state index contributed by atoms with van der Waals surface area (Å²) in [6, 6.07) is 9.35. The molecule has 3 heterocycles. The van der Waals surface area contributed by atoms with Gasteiger partial charge in [0.1, 0.15) is 11.6 Å². The van der Waals surface area contributed by atoms with Crippen molar-refractivity contribution in [1.82, 2.24) is 14.9 Å². The van der Waals surface area contributed by atoms with Crippen LogP contribution in [0, 0.1) is 13.8 Å². The summed E-state index contributed by atoms with van der Waals surface area (Å²) in [5.74, 6) is 1.77. The smallest absolute Gasteiger partial charge is 0.264 e. The number of rotatable bonds is 4. The van der Waals surface area contributed by atoms with E-state index in [1.54, 1.807) is 6.07 Å². The first-order valence-electron chi connectivity index (χ1n) is 9.78. The zero-order valence-corrected chi connectivity index (χ0v) is 19.2. The number of anilines is 1. The van der Waals surface area contributed by atoms with Crippen LogP contribution in [0.2, 0.25) is 10.0 Å². The Balaban J connectivity index is 1.56. The number of hydrogen-bond donors (Lipinski definition) is 0. The Morgan fingerprint density at radius 3 is 2.53 bits per heavy atom. The van der Waals surface area contributed by atoms with Gasteiger partial charge in [0, 0.05) is 53.9 Å². The minimum atomic E-state index is 0.105.